The lowest BCUT2D eigenvalue weighted by Gasteiger charge is -2.32. The number of rotatable bonds is 6. The van der Waals surface area contributed by atoms with E-state index in [4.69, 9.17) is 32.7 Å². The highest BCUT2D eigenvalue weighted by molar-refractivity contribution is 8.13. The summed E-state index contributed by atoms with van der Waals surface area (Å²) in [5.74, 6) is -2.26. The van der Waals surface area contributed by atoms with Gasteiger partial charge in [-0.1, -0.05) is 47.1 Å². The predicted octanol–water partition coefficient (Wildman–Crippen LogP) is 4.19. The van der Waals surface area contributed by atoms with Gasteiger partial charge in [0.05, 0.1) is 41.6 Å². The van der Waals surface area contributed by atoms with Crippen molar-refractivity contribution < 1.29 is 19.1 Å². The second-order valence-electron chi connectivity index (χ2n) is 7.33. The maximum Gasteiger partial charge on any atom is 0.336 e. The highest BCUT2D eigenvalue weighted by atomic mass is 35.5. The van der Waals surface area contributed by atoms with E-state index >= 15 is 0 Å². The van der Waals surface area contributed by atoms with Gasteiger partial charge in [-0.15, -0.1) is 0 Å². The number of hydrogen-bond acceptors (Lipinski definition) is 8. The average molecular weight is 498 g/mol. The normalized spacial score (nSPS) is 20.8. The monoisotopic (exact) mass is 497 g/mol. The van der Waals surface area contributed by atoms with Gasteiger partial charge in [0, 0.05) is 31.0 Å². The number of nitrogens with zero attached hydrogens (tertiary/aromatic N) is 3. The Bertz CT molecular complexity index is 1010. The molecule has 0 fully saturated rings. The first-order chi connectivity index (χ1) is 15.3. The first kappa shape index (κ1) is 24.6. The van der Waals surface area contributed by atoms with Crippen molar-refractivity contribution in [2.45, 2.75) is 19.8 Å². The van der Waals surface area contributed by atoms with Crippen LogP contribution in [0.15, 0.2) is 39.5 Å². The van der Waals surface area contributed by atoms with Crippen molar-refractivity contribution in [3.63, 3.8) is 0 Å². The summed E-state index contributed by atoms with van der Waals surface area (Å²) < 4.78 is 10.4. The Morgan fingerprint density at radius 1 is 1.31 bits per heavy atom. The zero-order valence-electron chi connectivity index (χ0n) is 18.4. The zero-order valence-corrected chi connectivity index (χ0v) is 20.7. The average Bonchev–Trinajstić information content (AvgIpc) is 3.18. The van der Waals surface area contributed by atoms with Crippen molar-refractivity contribution >= 4 is 57.8 Å². The van der Waals surface area contributed by atoms with Gasteiger partial charge in [0.25, 0.3) is 0 Å². The van der Waals surface area contributed by atoms with Crippen LogP contribution < -0.4 is 0 Å². The van der Waals surface area contributed by atoms with Gasteiger partial charge in [-0.05, 0) is 25.5 Å². The van der Waals surface area contributed by atoms with Crippen molar-refractivity contribution in [1.29, 1.82) is 0 Å². The Balaban J connectivity index is 2.16. The van der Waals surface area contributed by atoms with Crippen LogP contribution in [-0.4, -0.2) is 67.3 Å². The summed E-state index contributed by atoms with van der Waals surface area (Å²) in [6.07, 6.45) is 0. The Kier molecular flexibility index (Phi) is 8.25. The third-order valence-electron chi connectivity index (χ3n) is 5.33. The first-order valence-electron chi connectivity index (χ1n) is 10.2. The number of hydrogen-bond donors (Lipinski definition) is 0. The van der Waals surface area contributed by atoms with Crippen LogP contribution in [0.1, 0.15) is 25.3 Å². The summed E-state index contributed by atoms with van der Waals surface area (Å²) in [6.45, 7) is 5.24. The minimum absolute atomic E-state index is 0.180. The molecule has 2 heterocycles. The molecule has 0 aliphatic carbocycles. The van der Waals surface area contributed by atoms with Crippen LogP contribution in [-0.2, 0) is 19.1 Å². The van der Waals surface area contributed by atoms with Crippen LogP contribution >= 0.6 is 35.0 Å². The number of methoxy groups -OCH3 is 1. The number of carbonyl (C=O) groups is 2. The molecule has 3 rings (SSSR count). The molecule has 0 saturated carbocycles. The molecule has 0 spiro atoms. The van der Waals surface area contributed by atoms with E-state index in [1.54, 1.807) is 32.0 Å². The molecular formula is C22H25Cl2N3O4S. The van der Waals surface area contributed by atoms with Crippen LogP contribution in [0.5, 0.6) is 0 Å². The van der Waals surface area contributed by atoms with Gasteiger partial charge >= 0.3 is 11.9 Å². The molecule has 0 saturated heterocycles. The summed E-state index contributed by atoms with van der Waals surface area (Å²) in [7, 11) is 3.27. The molecule has 0 aromatic heterocycles. The fourth-order valence-electron chi connectivity index (χ4n) is 3.82. The van der Waals surface area contributed by atoms with Gasteiger partial charge in [-0.25, -0.2) is 4.79 Å². The SMILES string of the molecule is CCOC(=O)C1=C(CSC2=NCCN2C)N=C(C)C(C(=O)OC)C1c1cccc(Cl)c1Cl. The van der Waals surface area contributed by atoms with Gasteiger partial charge in [-0.3, -0.25) is 14.8 Å². The molecule has 7 nitrogen and oxygen atoms in total. The minimum Gasteiger partial charge on any atom is -0.468 e. The molecule has 0 radical (unpaired) electrons. The van der Waals surface area contributed by atoms with Gasteiger partial charge < -0.3 is 14.4 Å². The minimum atomic E-state index is -0.837. The van der Waals surface area contributed by atoms with Crippen molar-refractivity contribution in [2.24, 2.45) is 15.9 Å². The molecule has 2 unspecified atom stereocenters. The van der Waals surface area contributed by atoms with Gasteiger partial charge in [0.15, 0.2) is 5.17 Å². The molecule has 10 heteroatoms. The predicted molar refractivity (Wildman–Crippen MR) is 129 cm³/mol. The molecule has 1 aromatic carbocycles. The van der Waals surface area contributed by atoms with E-state index in [0.717, 1.165) is 18.3 Å². The number of ether oxygens (including phenoxy) is 2. The Morgan fingerprint density at radius 3 is 2.69 bits per heavy atom. The second-order valence-corrected chi connectivity index (χ2v) is 9.06. The maximum absolute atomic E-state index is 13.2. The van der Waals surface area contributed by atoms with Crippen molar-refractivity contribution in [3.8, 4) is 0 Å². The number of benzene rings is 1. The van der Waals surface area contributed by atoms with E-state index in [2.05, 4.69) is 14.9 Å². The Hall–Kier alpha value is -2.03. The van der Waals surface area contributed by atoms with Crippen LogP contribution in [0.25, 0.3) is 0 Å². The number of amidine groups is 1. The Labute approximate surface area is 201 Å². The fourth-order valence-corrected chi connectivity index (χ4v) is 5.23. The zero-order chi connectivity index (χ0) is 23.4. The molecular weight excluding hydrogens is 473 g/mol. The maximum atomic E-state index is 13.2. The molecule has 172 valence electrons. The number of carbonyl (C=O) groups excluding carboxylic acids is 2. The standard InChI is InChI=1S/C22H25Cl2N3O4S/c1-5-31-21(29)18-15(11-32-22-25-9-10-27(22)3)26-12(2)16(20(28)30-4)17(18)13-7-6-8-14(23)19(13)24/h6-8,16-17H,5,9-11H2,1-4H3. The van der Waals surface area contributed by atoms with Crippen molar-refractivity contribution in [1.82, 2.24) is 4.90 Å². The topological polar surface area (TPSA) is 80.6 Å². The first-order valence-corrected chi connectivity index (χ1v) is 11.9. The third-order valence-corrected chi connectivity index (χ3v) is 7.28. The van der Waals surface area contributed by atoms with Crippen LogP contribution in [0.2, 0.25) is 10.0 Å². The molecule has 2 atom stereocenters. The molecule has 0 amide bonds. The van der Waals surface area contributed by atoms with Crippen molar-refractivity contribution in [2.75, 3.05) is 39.6 Å². The van der Waals surface area contributed by atoms with E-state index in [1.165, 1.54) is 18.9 Å². The molecule has 0 bridgehead atoms. The van der Waals surface area contributed by atoms with E-state index < -0.39 is 23.8 Å². The van der Waals surface area contributed by atoms with E-state index in [1.807, 2.05) is 7.05 Å². The smallest absolute Gasteiger partial charge is 0.336 e. The largest absolute Gasteiger partial charge is 0.468 e. The van der Waals surface area contributed by atoms with Gasteiger partial charge in [0.1, 0.15) is 5.92 Å². The number of halogens is 2. The van der Waals surface area contributed by atoms with Gasteiger partial charge in [0.2, 0.25) is 0 Å². The summed E-state index contributed by atoms with van der Waals surface area (Å²) >= 11 is 14.3. The highest BCUT2D eigenvalue weighted by Crippen LogP contribution is 2.44. The summed E-state index contributed by atoms with van der Waals surface area (Å²) in [5.41, 5.74) is 1.88. The molecule has 1 aromatic rings. The lowest BCUT2D eigenvalue weighted by Crippen LogP contribution is -2.37. The van der Waals surface area contributed by atoms with Crippen LogP contribution in [0, 0.1) is 5.92 Å². The molecule has 2 aliphatic rings. The molecule has 0 N–H and O–H groups in total. The van der Waals surface area contributed by atoms with Crippen LogP contribution in [0.4, 0.5) is 0 Å². The van der Waals surface area contributed by atoms with E-state index in [9.17, 15) is 9.59 Å². The number of thioether (sulfide) groups is 1. The van der Waals surface area contributed by atoms with E-state index in [0.29, 0.717) is 27.7 Å². The molecule has 32 heavy (non-hydrogen) atoms. The summed E-state index contributed by atoms with van der Waals surface area (Å²) in [4.78, 5) is 37.2. The Morgan fingerprint density at radius 2 is 2.06 bits per heavy atom. The highest BCUT2D eigenvalue weighted by Gasteiger charge is 2.44. The quantitative estimate of drug-likeness (QED) is 0.548. The molecule has 2 aliphatic heterocycles. The van der Waals surface area contributed by atoms with Gasteiger partial charge in [-0.2, -0.15) is 0 Å². The lowest BCUT2D eigenvalue weighted by atomic mass is 9.75. The fraction of sp³-hybridized carbons (Fsp3) is 0.455. The lowest BCUT2D eigenvalue weighted by molar-refractivity contribution is -0.144. The van der Waals surface area contributed by atoms with Crippen LogP contribution in [0.3, 0.4) is 0 Å². The summed E-state index contributed by atoms with van der Waals surface area (Å²) in [6, 6.07) is 5.15. The number of likely N-dealkylation sites (N-methyl/N-ethyl adjacent to an activating group) is 1. The third kappa shape index (κ3) is 4.97. The van der Waals surface area contributed by atoms with E-state index in [-0.39, 0.29) is 17.2 Å². The number of aliphatic imine (C=N–C) groups is 2. The van der Waals surface area contributed by atoms with Crippen molar-refractivity contribution in [3.05, 3.63) is 45.1 Å². The summed E-state index contributed by atoms with van der Waals surface area (Å²) in [5, 5.41) is 1.48. The second kappa shape index (κ2) is 10.7. The number of esters is 2.